The second-order valence-corrected chi connectivity index (χ2v) is 5.65. The number of methoxy groups -OCH3 is 1. The molecule has 1 fully saturated rings. The average molecular weight is 307 g/mol. The number of hydrogen-bond acceptors (Lipinski definition) is 5. The van der Waals surface area contributed by atoms with Crippen LogP contribution in [0.3, 0.4) is 0 Å². The van der Waals surface area contributed by atoms with E-state index in [0.717, 1.165) is 13.0 Å². The molecule has 0 radical (unpaired) electrons. The van der Waals surface area contributed by atoms with E-state index in [-0.39, 0.29) is 35.0 Å². The highest BCUT2D eigenvalue weighted by molar-refractivity contribution is 5.95. The second kappa shape index (κ2) is 6.74. The minimum absolute atomic E-state index is 0.00223. The van der Waals surface area contributed by atoms with Crippen LogP contribution in [0.5, 0.6) is 5.75 Å². The van der Waals surface area contributed by atoms with E-state index in [0.29, 0.717) is 5.92 Å². The molecule has 0 spiro atoms. The number of carbonyl (C=O) groups is 1. The van der Waals surface area contributed by atoms with Crippen LogP contribution in [0, 0.1) is 16.0 Å². The lowest BCUT2D eigenvalue weighted by molar-refractivity contribution is -0.385. The van der Waals surface area contributed by atoms with E-state index < -0.39 is 4.92 Å². The number of piperidine rings is 1. The molecule has 1 aliphatic heterocycles. The molecule has 3 atom stereocenters. The first-order valence-electron chi connectivity index (χ1n) is 7.30. The quantitative estimate of drug-likeness (QED) is 0.652. The van der Waals surface area contributed by atoms with Gasteiger partial charge in [-0.1, -0.05) is 6.92 Å². The Kier molecular flexibility index (Phi) is 4.97. The number of carbonyl (C=O) groups excluding carboxylic acids is 1. The molecule has 0 aliphatic carbocycles. The zero-order valence-corrected chi connectivity index (χ0v) is 13.0. The highest BCUT2D eigenvalue weighted by Gasteiger charge is 2.29. The van der Waals surface area contributed by atoms with Crippen molar-refractivity contribution in [1.82, 2.24) is 10.6 Å². The average Bonchev–Trinajstić information content (AvgIpc) is 2.50. The molecule has 2 N–H and O–H groups in total. The van der Waals surface area contributed by atoms with E-state index >= 15 is 0 Å². The van der Waals surface area contributed by atoms with Gasteiger partial charge in [-0.05, 0) is 37.9 Å². The van der Waals surface area contributed by atoms with E-state index in [1.807, 2.05) is 6.92 Å². The van der Waals surface area contributed by atoms with Gasteiger partial charge >= 0.3 is 5.69 Å². The van der Waals surface area contributed by atoms with E-state index in [2.05, 4.69) is 17.6 Å². The largest absolute Gasteiger partial charge is 0.490 e. The number of rotatable bonds is 4. The molecule has 1 aliphatic rings. The smallest absolute Gasteiger partial charge is 0.311 e. The number of hydrogen-bond donors (Lipinski definition) is 2. The lowest BCUT2D eigenvalue weighted by Crippen LogP contribution is -2.55. The van der Waals surface area contributed by atoms with Crippen molar-refractivity contribution in [3.05, 3.63) is 33.9 Å². The molecule has 22 heavy (non-hydrogen) atoms. The summed E-state index contributed by atoms with van der Waals surface area (Å²) in [5.74, 6) is 0.189. The van der Waals surface area contributed by atoms with Crippen LogP contribution >= 0.6 is 0 Å². The Balaban J connectivity index is 2.19. The van der Waals surface area contributed by atoms with Crippen molar-refractivity contribution in [1.29, 1.82) is 0 Å². The maximum absolute atomic E-state index is 12.4. The molecule has 7 nitrogen and oxygen atoms in total. The van der Waals surface area contributed by atoms with E-state index in [4.69, 9.17) is 4.74 Å². The number of ether oxygens (including phenoxy) is 1. The number of nitrogens with one attached hydrogen (secondary N) is 2. The van der Waals surface area contributed by atoms with Crippen LogP contribution in [0.2, 0.25) is 0 Å². The summed E-state index contributed by atoms with van der Waals surface area (Å²) in [5, 5.41) is 17.3. The molecule has 120 valence electrons. The minimum atomic E-state index is -0.553. The number of amides is 1. The lowest BCUT2D eigenvalue weighted by Gasteiger charge is -2.36. The van der Waals surface area contributed by atoms with Crippen LogP contribution in [-0.4, -0.2) is 36.6 Å². The zero-order chi connectivity index (χ0) is 16.3. The van der Waals surface area contributed by atoms with Crippen LogP contribution in [0.15, 0.2) is 18.2 Å². The molecule has 1 aromatic rings. The number of nitro benzene ring substituents is 1. The predicted octanol–water partition coefficient (Wildman–Crippen LogP) is 1.72. The van der Waals surface area contributed by atoms with E-state index in [1.54, 1.807) is 0 Å². The third-order valence-electron chi connectivity index (χ3n) is 4.15. The third-order valence-corrected chi connectivity index (χ3v) is 4.15. The minimum Gasteiger partial charge on any atom is -0.490 e. The third kappa shape index (κ3) is 3.36. The zero-order valence-electron chi connectivity index (χ0n) is 13.0. The van der Waals surface area contributed by atoms with Gasteiger partial charge in [0.05, 0.1) is 12.0 Å². The van der Waals surface area contributed by atoms with E-state index in [9.17, 15) is 14.9 Å². The molecule has 1 heterocycles. The van der Waals surface area contributed by atoms with Gasteiger partial charge in [-0.25, -0.2) is 0 Å². The van der Waals surface area contributed by atoms with Crippen molar-refractivity contribution < 1.29 is 14.5 Å². The van der Waals surface area contributed by atoms with Gasteiger partial charge in [-0.15, -0.1) is 0 Å². The van der Waals surface area contributed by atoms with Gasteiger partial charge in [0.25, 0.3) is 5.91 Å². The van der Waals surface area contributed by atoms with Gasteiger partial charge in [0.2, 0.25) is 0 Å². The molecule has 0 aromatic heterocycles. The van der Waals surface area contributed by atoms with Gasteiger partial charge in [0.15, 0.2) is 5.75 Å². The van der Waals surface area contributed by atoms with Crippen LogP contribution < -0.4 is 15.4 Å². The van der Waals surface area contributed by atoms with Crippen LogP contribution in [0.4, 0.5) is 5.69 Å². The highest BCUT2D eigenvalue weighted by Crippen LogP contribution is 2.27. The normalized spacial score (nSPS) is 24.6. The summed E-state index contributed by atoms with van der Waals surface area (Å²) in [6.45, 7) is 5.05. The van der Waals surface area contributed by atoms with Crippen molar-refractivity contribution in [2.24, 2.45) is 5.92 Å². The van der Waals surface area contributed by atoms with E-state index in [1.165, 1.54) is 25.3 Å². The molecule has 0 saturated carbocycles. The first-order valence-corrected chi connectivity index (χ1v) is 7.30. The maximum atomic E-state index is 12.4. The first kappa shape index (κ1) is 16.2. The van der Waals surface area contributed by atoms with Crippen molar-refractivity contribution in [3.63, 3.8) is 0 Å². The van der Waals surface area contributed by atoms with Crippen molar-refractivity contribution in [2.45, 2.75) is 32.4 Å². The molecular weight excluding hydrogens is 286 g/mol. The molecule has 3 unspecified atom stereocenters. The molecular formula is C15H21N3O4. The van der Waals surface area contributed by atoms with Gasteiger partial charge in [0, 0.05) is 23.7 Å². The lowest BCUT2D eigenvalue weighted by atomic mass is 9.89. The molecule has 0 bridgehead atoms. The maximum Gasteiger partial charge on any atom is 0.311 e. The Morgan fingerprint density at radius 2 is 2.18 bits per heavy atom. The van der Waals surface area contributed by atoms with Crippen LogP contribution in [-0.2, 0) is 0 Å². The molecule has 1 amide bonds. The highest BCUT2D eigenvalue weighted by atomic mass is 16.6. The van der Waals surface area contributed by atoms with Crippen molar-refractivity contribution in [3.8, 4) is 5.75 Å². The number of benzene rings is 1. The SMILES string of the molecule is COc1ccc(C(=O)NC2C(C)CCNC2C)cc1[N+](=O)[O-]. The second-order valence-electron chi connectivity index (χ2n) is 5.65. The van der Waals surface area contributed by atoms with Crippen molar-refractivity contribution >= 4 is 11.6 Å². The number of nitrogens with zero attached hydrogens (tertiary/aromatic N) is 1. The fourth-order valence-corrected chi connectivity index (χ4v) is 2.81. The number of nitro groups is 1. The fraction of sp³-hybridized carbons (Fsp3) is 0.533. The Bertz CT molecular complexity index is 566. The first-order chi connectivity index (χ1) is 10.4. The summed E-state index contributed by atoms with van der Waals surface area (Å²) in [4.78, 5) is 22.9. The van der Waals surface area contributed by atoms with Gasteiger partial charge in [0.1, 0.15) is 0 Å². The van der Waals surface area contributed by atoms with Gasteiger partial charge in [-0.3, -0.25) is 14.9 Å². The Morgan fingerprint density at radius 3 is 2.77 bits per heavy atom. The monoisotopic (exact) mass is 307 g/mol. The van der Waals surface area contributed by atoms with Gasteiger partial charge < -0.3 is 15.4 Å². The van der Waals surface area contributed by atoms with Crippen molar-refractivity contribution in [2.75, 3.05) is 13.7 Å². The van der Waals surface area contributed by atoms with Crippen LogP contribution in [0.1, 0.15) is 30.6 Å². The van der Waals surface area contributed by atoms with Gasteiger partial charge in [-0.2, -0.15) is 0 Å². The predicted molar refractivity (Wildman–Crippen MR) is 82.1 cm³/mol. The summed E-state index contributed by atoms with van der Waals surface area (Å²) >= 11 is 0. The summed E-state index contributed by atoms with van der Waals surface area (Å²) < 4.78 is 4.94. The standard InChI is InChI=1S/C15H21N3O4/c1-9-6-7-16-10(2)14(9)17-15(19)11-4-5-13(22-3)12(8-11)18(20)21/h4-5,8-10,14,16H,6-7H2,1-3H3,(H,17,19). The fourth-order valence-electron chi connectivity index (χ4n) is 2.81. The summed E-state index contributed by atoms with van der Waals surface area (Å²) in [6, 6.07) is 4.40. The summed E-state index contributed by atoms with van der Waals surface area (Å²) in [6.07, 6.45) is 0.984. The Labute approximate surface area is 129 Å². The van der Waals surface area contributed by atoms with Crippen LogP contribution in [0.25, 0.3) is 0 Å². The Morgan fingerprint density at radius 1 is 1.45 bits per heavy atom. The molecule has 2 rings (SSSR count). The molecule has 1 aromatic carbocycles. The Hall–Kier alpha value is -2.15. The topological polar surface area (TPSA) is 93.5 Å². The summed E-state index contributed by atoms with van der Waals surface area (Å²) in [5.41, 5.74) is 0.0514. The summed E-state index contributed by atoms with van der Waals surface area (Å²) in [7, 11) is 1.36. The molecule has 7 heteroatoms. The molecule has 1 saturated heterocycles.